The minimum Gasteiger partial charge on any atom is -0.315 e. The quantitative estimate of drug-likeness (QED) is 0.534. The van der Waals surface area contributed by atoms with E-state index in [0.717, 1.165) is 13.2 Å². The Balaban J connectivity index is 2.18. The average molecular weight is 130 g/mol. The molecule has 0 saturated carbocycles. The van der Waals surface area contributed by atoms with Gasteiger partial charge >= 0.3 is 0 Å². The average Bonchev–Trinajstić information content (AvgIpc) is 1.90. The smallest absolute Gasteiger partial charge is 0.0838 e. The number of hydrogen-bond acceptors (Lipinski definition) is 3. The van der Waals surface area contributed by atoms with Crippen LogP contribution in [0.4, 0.5) is 0 Å². The fourth-order valence-corrected chi connectivity index (χ4v) is 0.930. The zero-order valence-corrected chi connectivity index (χ0v) is 6.05. The normalized spacial score (nSPS) is 30.7. The number of hydroxylamine groups is 2. The molecule has 54 valence electrons. The maximum absolute atomic E-state index is 5.25. The van der Waals surface area contributed by atoms with Crippen LogP contribution in [0.25, 0.3) is 0 Å². The lowest BCUT2D eigenvalue weighted by atomic mass is 10.2. The fraction of sp³-hybridized carbons (Fsp3) is 1.00. The highest BCUT2D eigenvalue weighted by molar-refractivity contribution is 4.66. The topological polar surface area (TPSA) is 24.5 Å². The molecule has 0 aromatic rings. The summed E-state index contributed by atoms with van der Waals surface area (Å²) in [6.07, 6.45) is 1.19. The van der Waals surface area contributed by atoms with Gasteiger partial charge in [-0.15, -0.1) is 0 Å². The van der Waals surface area contributed by atoms with Crippen LogP contribution < -0.4 is 5.32 Å². The molecule has 9 heavy (non-hydrogen) atoms. The molecule has 0 radical (unpaired) electrons. The molecule has 1 fully saturated rings. The van der Waals surface area contributed by atoms with Crippen molar-refractivity contribution in [2.24, 2.45) is 0 Å². The summed E-state index contributed by atoms with van der Waals surface area (Å²) < 4.78 is 0. The van der Waals surface area contributed by atoms with Gasteiger partial charge in [0.1, 0.15) is 0 Å². The van der Waals surface area contributed by atoms with Crippen molar-refractivity contribution >= 4 is 0 Å². The molecule has 3 heteroatoms. The summed E-state index contributed by atoms with van der Waals surface area (Å²) >= 11 is 0. The number of nitrogens with one attached hydrogen (secondary N) is 1. The monoisotopic (exact) mass is 130 g/mol. The van der Waals surface area contributed by atoms with Crippen LogP contribution >= 0.6 is 0 Å². The molecule has 1 aliphatic rings. The van der Waals surface area contributed by atoms with Crippen LogP contribution in [0.2, 0.25) is 0 Å². The van der Waals surface area contributed by atoms with E-state index in [1.807, 2.05) is 19.2 Å². The summed E-state index contributed by atoms with van der Waals surface area (Å²) in [5.41, 5.74) is 0. The van der Waals surface area contributed by atoms with E-state index in [0.29, 0.717) is 6.04 Å². The molecule has 1 atom stereocenters. The first-order valence-electron chi connectivity index (χ1n) is 3.34. The minimum atomic E-state index is 0.557. The highest BCUT2D eigenvalue weighted by Gasteiger charge is 2.14. The molecule has 1 unspecified atom stereocenters. The van der Waals surface area contributed by atoms with Crippen molar-refractivity contribution in [2.75, 3.05) is 27.2 Å². The minimum absolute atomic E-state index is 0.557. The summed E-state index contributed by atoms with van der Waals surface area (Å²) in [4.78, 5) is 5.25. The van der Waals surface area contributed by atoms with Gasteiger partial charge in [0.05, 0.1) is 6.61 Å². The zero-order valence-electron chi connectivity index (χ0n) is 6.05. The van der Waals surface area contributed by atoms with Gasteiger partial charge in [-0.1, -0.05) is 0 Å². The Morgan fingerprint density at radius 3 is 2.89 bits per heavy atom. The summed E-state index contributed by atoms with van der Waals surface area (Å²) in [6, 6.07) is 0.557. The molecule has 1 N–H and O–H groups in total. The SMILES string of the molecule is CNC1CCN(C)OC1. The summed E-state index contributed by atoms with van der Waals surface area (Å²) in [6.45, 7) is 1.85. The molecule has 0 aromatic carbocycles. The van der Waals surface area contributed by atoms with Crippen molar-refractivity contribution in [1.82, 2.24) is 10.4 Å². The Bertz CT molecular complexity index is 79.1. The van der Waals surface area contributed by atoms with Crippen LogP contribution in [0.1, 0.15) is 6.42 Å². The van der Waals surface area contributed by atoms with Crippen molar-refractivity contribution in [3.8, 4) is 0 Å². The Kier molecular flexibility index (Phi) is 2.45. The molecular formula is C6H14N2O. The molecule has 0 aromatic heterocycles. The van der Waals surface area contributed by atoms with Crippen LogP contribution in [-0.2, 0) is 4.84 Å². The maximum atomic E-state index is 5.25. The highest BCUT2D eigenvalue weighted by atomic mass is 16.7. The van der Waals surface area contributed by atoms with E-state index >= 15 is 0 Å². The third-order valence-corrected chi connectivity index (χ3v) is 1.70. The number of likely N-dealkylation sites (N-methyl/N-ethyl adjacent to an activating group) is 1. The highest BCUT2D eigenvalue weighted by Crippen LogP contribution is 2.02. The van der Waals surface area contributed by atoms with E-state index in [1.165, 1.54) is 6.42 Å². The molecule has 1 rings (SSSR count). The Morgan fingerprint density at radius 1 is 1.67 bits per heavy atom. The second-order valence-corrected chi connectivity index (χ2v) is 2.42. The standard InChI is InChI=1S/C6H14N2O/c1-7-6-3-4-8(2)9-5-6/h6-7H,3-5H2,1-2H3. The van der Waals surface area contributed by atoms with Crippen molar-refractivity contribution < 1.29 is 4.84 Å². The first-order valence-corrected chi connectivity index (χ1v) is 3.34. The predicted octanol–water partition coefficient (Wildman–Crippen LogP) is -0.159. The zero-order chi connectivity index (χ0) is 6.69. The summed E-state index contributed by atoms with van der Waals surface area (Å²) in [5.74, 6) is 0. The van der Waals surface area contributed by atoms with Gasteiger partial charge in [-0.3, -0.25) is 4.84 Å². The lowest BCUT2D eigenvalue weighted by Crippen LogP contribution is -2.41. The second-order valence-electron chi connectivity index (χ2n) is 2.42. The predicted molar refractivity (Wildman–Crippen MR) is 36.0 cm³/mol. The van der Waals surface area contributed by atoms with Crippen molar-refractivity contribution in [2.45, 2.75) is 12.5 Å². The molecule has 0 bridgehead atoms. The molecule has 0 amide bonds. The third kappa shape index (κ3) is 1.93. The van der Waals surface area contributed by atoms with Crippen molar-refractivity contribution in [3.63, 3.8) is 0 Å². The third-order valence-electron chi connectivity index (χ3n) is 1.70. The maximum Gasteiger partial charge on any atom is 0.0838 e. The molecule has 0 aliphatic carbocycles. The van der Waals surface area contributed by atoms with E-state index in [-0.39, 0.29) is 0 Å². The molecule has 3 nitrogen and oxygen atoms in total. The lowest BCUT2D eigenvalue weighted by molar-refractivity contribution is -0.170. The van der Waals surface area contributed by atoms with Crippen LogP contribution in [0.3, 0.4) is 0 Å². The van der Waals surface area contributed by atoms with Crippen LogP contribution in [0, 0.1) is 0 Å². The van der Waals surface area contributed by atoms with Crippen LogP contribution in [-0.4, -0.2) is 38.4 Å². The first-order chi connectivity index (χ1) is 4.33. The van der Waals surface area contributed by atoms with E-state index < -0.39 is 0 Å². The van der Waals surface area contributed by atoms with Gasteiger partial charge in [-0.05, 0) is 13.5 Å². The van der Waals surface area contributed by atoms with E-state index in [4.69, 9.17) is 4.84 Å². The number of rotatable bonds is 1. The van der Waals surface area contributed by atoms with E-state index in [1.54, 1.807) is 0 Å². The molecular weight excluding hydrogens is 116 g/mol. The lowest BCUT2D eigenvalue weighted by Gasteiger charge is -2.27. The Hall–Kier alpha value is -0.120. The number of nitrogens with zero attached hydrogens (tertiary/aromatic N) is 1. The van der Waals surface area contributed by atoms with Crippen molar-refractivity contribution in [3.05, 3.63) is 0 Å². The summed E-state index contributed by atoms with van der Waals surface area (Å²) in [5, 5.41) is 5.06. The van der Waals surface area contributed by atoms with Gasteiger partial charge in [-0.2, -0.15) is 5.06 Å². The van der Waals surface area contributed by atoms with Crippen LogP contribution in [0.15, 0.2) is 0 Å². The second kappa shape index (κ2) is 3.15. The first kappa shape index (κ1) is 6.99. The van der Waals surface area contributed by atoms with Crippen molar-refractivity contribution in [1.29, 1.82) is 0 Å². The Morgan fingerprint density at radius 2 is 2.44 bits per heavy atom. The fourth-order valence-electron chi connectivity index (χ4n) is 0.930. The summed E-state index contributed by atoms with van der Waals surface area (Å²) in [7, 11) is 3.94. The largest absolute Gasteiger partial charge is 0.315 e. The van der Waals surface area contributed by atoms with Gasteiger partial charge in [0.25, 0.3) is 0 Å². The van der Waals surface area contributed by atoms with Gasteiger partial charge in [0.2, 0.25) is 0 Å². The van der Waals surface area contributed by atoms with E-state index in [2.05, 4.69) is 5.32 Å². The molecule has 0 spiro atoms. The molecule has 1 aliphatic heterocycles. The van der Waals surface area contributed by atoms with Gasteiger partial charge in [0, 0.05) is 19.6 Å². The van der Waals surface area contributed by atoms with Gasteiger partial charge in [0.15, 0.2) is 0 Å². The van der Waals surface area contributed by atoms with E-state index in [9.17, 15) is 0 Å². The Labute approximate surface area is 55.9 Å². The number of hydrogen-bond donors (Lipinski definition) is 1. The molecule has 1 saturated heterocycles. The van der Waals surface area contributed by atoms with Gasteiger partial charge in [-0.25, -0.2) is 0 Å². The van der Waals surface area contributed by atoms with Crippen LogP contribution in [0.5, 0.6) is 0 Å². The molecule has 1 heterocycles. The van der Waals surface area contributed by atoms with Gasteiger partial charge < -0.3 is 5.32 Å².